The van der Waals surface area contributed by atoms with E-state index in [4.69, 9.17) is 26.2 Å². The van der Waals surface area contributed by atoms with Gasteiger partial charge in [0.15, 0.2) is 6.10 Å². The summed E-state index contributed by atoms with van der Waals surface area (Å²) >= 11 is 5.94. The Morgan fingerprint density at radius 2 is 2.21 bits per heavy atom. The number of aromatic carboxylic acids is 1. The Morgan fingerprint density at radius 3 is 2.79 bits per heavy atom. The van der Waals surface area contributed by atoms with Crippen molar-refractivity contribution in [1.82, 2.24) is 4.90 Å². The van der Waals surface area contributed by atoms with Crippen LogP contribution < -0.4 is 4.74 Å². The summed E-state index contributed by atoms with van der Waals surface area (Å²) in [5.41, 5.74) is 0.0298. The summed E-state index contributed by atoms with van der Waals surface area (Å²) in [6.45, 7) is 2.24. The molecule has 0 aromatic heterocycles. The first-order valence-corrected chi connectivity index (χ1v) is 7.66. The average Bonchev–Trinajstić information content (AvgIpc) is 2.49. The SMILES string of the molecule is CC1C(C(F)(F)F)OCCN1CCOc1ccc(C(=O)O)cc1Cl. The molecule has 24 heavy (non-hydrogen) atoms. The fourth-order valence-corrected chi connectivity index (χ4v) is 2.77. The van der Waals surface area contributed by atoms with Crippen LogP contribution in [0.3, 0.4) is 0 Å². The molecule has 2 rings (SSSR count). The molecule has 1 N–H and O–H groups in total. The van der Waals surface area contributed by atoms with Crippen LogP contribution in [0.2, 0.25) is 5.02 Å². The highest BCUT2D eigenvalue weighted by atomic mass is 35.5. The number of carboxylic acid groups (broad SMARTS) is 1. The smallest absolute Gasteiger partial charge is 0.416 e. The maximum Gasteiger partial charge on any atom is 0.416 e. The van der Waals surface area contributed by atoms with E-state index in [0.29, 0.717) is 6.54 Å². The van der Waals surface area contributed by atoms with Gasteiger partial charge in [0.05, 0.1) is 17.2 Å². The van der Waals surface area contributed by atoms with Crippen molar-refractivity contribution in [2.24, 2.45) is 0 Å². The van der Waals surface area contributed by atoms with Crippen LogP contribution in [0.1, 0.15) is 17.3 Å². The molecule has 1 aliphatic rings. The Hall–Kier alpha value is -1.51. The number of halogens is 4. The van der Waals surface area contributed by atoms with E-state index in [-0.39, 0.29) is 36.1 Å². The summed E-state index contributed by atoms with van der Waals surface area (Å²) in [6, 6.07) is 3.22. The highest BCUT2D eigenvalue weighted by molar-refractivity contribution is 6.32. The molecule has 1 aromatic rings. The third-order valence-corrected chi connectivity index (χ3v) is 4.12. The zero-order valence-electron chi connectivity index (χ0n) is 12.8. The lowest BCUT2D eigenvalue weighted by molar-refractivity contribution is -0.251. The van der Waals surface area contributed by atoms with Crippen molar-refractivity contribution in [2.45, 2.75) is 25.2 Å². The Morgan fingerprint density at radius 1 is 1.50 bits per heavy atom. The van der Waals surface area contributed by atoms with Crippen LogP contribution in [-0.2, 0) is 4.74 Å². The summed E-state index contributed by atoms with van der Waals surface area (Å²) in [5.74, 6) is -0.821. The number of benzene rings is 1. The Bertz CT molecular complexity index is 597. The zero-order valence-corrected chi connectivity index (χ0v) is 13.6. The van der Waals surface area contributed by atoms with E-state index in [1.54, 1.807) is 4.90 Å². The largest absolute Gasteiger partial charge is 0.491 e. The van der Waals surface area contributed by atoms with Crippen LogP contribution in [-0.4, -0.2) is 60.6 Å². The number of alkyl halides is 3. The molecule has 0 bridgehead atoms. The first-order valence-electron chi connectivity index (χ1n) is 7.28. The molecule has 1 aromatic carbocycles. The highest BCUT2D eigenvalue weighted by Crippen LogP contribution is 2.30. The van der Waals surface area contributed by atoms with Crippen molar-refractivity contribution in [3.63, 3.8) is 0 Å². The van der Waals surface area contributed by atoms with Gasteiger partial charge < -0.3 is 14.6 Å². The number of carboxylic acids is 1. The molecule has 0 spiro atoms. The van der Waals surface area contributed by atoms with Crippen molar-refractivity contribution in [1.29, 1.82) is 0 Å². The van der Waals surface area contributed by atoms with E-state index in [9.17, 15) is 18.0 Å². The summed E-state index contributed by atoms with van der Waals surface area (Å²) < 4.78 is 48.9. The van der Waals surface area contributed by atoms with Crippen LogP contribution >= 0.6 is 11.6 Å². The standard InChI is InChI=1S/C15H17ClF3NO4/c1-9-13(15(17,18)19)24-7-5-20(9)4-6-23-12-3-2-10(14(21)22)8-11(12)16/h2-3,8-9,13H,4-7H2,1H3,(H,21,22). The molecule has 2 unspecified atom stereocenters. The van der Waals surface area contributed by atoms with Gasteiger partial charge >= 0.3 is 12.1 Å². The predicted molar refractivity (Wildman–Crippen MR) is 80.7 cm³/mol. The van der Waals surface area contributed by atoms with Gasteiger partial charge in [-0.25, -0.2) is 4.79 Å². The minimum Gasteiger partial charge on any atom is -0.491 e. The van der Waals surface area contributed by atoms with E-state index in [0.717, 1.165) is 0 Å². The van der Waals surface area contributed by atoms with E-state index < -0.39 is 24.3 Å². The quantitative estimate of drug-likeness (QED) is 0.866. The van der Waals surface area contributed by atoms with Crippen molar-refractivity contribution >= 4 is 17.6 Å². The summed E-state index contributed by atoms with van der Waals surface area (Å²) in [6.07, 6.45) is -6.22. The van der Waals surface area contributed by atoms with E-state index in [1.165, 1.54) is 25.1 Å². The molecule has 1 fully saturated rings. The first kappa shape index (κ1) is 18.8. The fourth-order valence-electron chi connectivity index (χ4n) is 2.54. The predicted octanol–water partition coefficient (Wildman–Crippen LogP) is 3.07. The van der Waals surface area contributed by atoms with Crippen LogP contribution in [0, 0.1) is 0 Å². The third kappa shape index (κ3) is 4.52. The molecule has 9 heteroatoms. The monoisotopic (exact) mass is 367 g/mol. The number of hydrogen-bond acceptors (Lipinski definition) is 4. The fraction of sp³-hybridized carbons (Fsp3) is 0.533. The van der Waals surface area contributed by atoms with Crippen LogP contribution in [0.4, 0.5) is 13.2 Å². The molecular weight excluding hydrogens is 351 g/mol. The molecule has 2 atom stereocenters. The Kier molecular flexibility index (Phi) is 5.95. The van der Waals surface area contributed by atoms with Gasteiger partial charge in [0, 0.05) is 19.1 Å². The number of hydrogen-bond donors (Lipinski definition) is 1. The highest BCUT2D eigenvalue weighted by Gasteiger charge is 2.47. The van der Waals surface area contributed by atoms with Gasteiger partial charge in [-0.05, 0) is 25.1 Å². The van der Waals surface area contributed by atoms with Crippen molar-refractivity contribution in [3.8, 4) is 5.75 Å². The van der Waals surface area contributed by atoms with Crippen molar-refractivity contribution in [3.05, 3.63) is 28.8 Å². The van der Waals surface area contributed by atoms with Crippen molar-refractivity contribution < 1.29 is 32.5 Å². The molecule has 1 heterocycles. The van der Waals surface area contributed by atoms with Gasteiger partial charge in [0.25, 0.3) is 0 Å². The lowest BCUT2D eigenvalue weighted by Crippen LogP contribution is -2.56. The van der Waals surface area contributed by atoms with Crippen molar-refractivity contribution in [2.75, 3.05) is 26.3 Å². The van der Waals surface area contributed by atoms with E-state index >= 15 is 0 Å². The number of nitrogens with zero attached hydrogens (tertiary/aromatic N) is 1. The van der Waals surface area contributed by atoms with Crippen LogP contribution in [0.25, 0.3) is 0 Å². The summed E-state index contributed by atoms with van der Waals surface area (Å²) in [4.78, 5) is 12.5. The van der Waals surface area contributed by atoms with Gasteiger partial charge in [-0.3, -0.25) is 4.90 Å². The molecule has 5 nitrogen and oxygen atoms in total. The maximum absolute atomic E-state index is 12.9. The molecule has 0 aliphatic carbocycles. The lowest BCUT2D eigenvalue weighted by atomic mass is 10.1. The van der Waals surface area contributed by atoms with E-state index in [1.807, 2.05) is 0 Å². The molecule has 1 aliphatic heterocycles. The molecular formula is C15H17ClF3NO4. The minimum absolute atomic E-state index is 0.00256. The van der Waals surface area contributed by atoms with Crippen LogP contribution in [0.15, 0.2) is 18.2 Å². The number of ether oxygens (including phenoxy) is 2. The van der Waals surface area contributed by atoms with Gasteiger partial charge in [0.2, 0.25) is 0 Å². The summed E-state index contributed by atoms with van der Waals surface area (Å²) in [5, 5.41) is 8.99. The normalized spacial score (nSPS) is 22.4. The van der Waals surface area contributed by atoms with Crippen LogP contribution in [0.5, 0.6) is 5.75 Å². The molecule has 0 saturated carbocycles. The number of carbonyl (C=O) groups is 1. The average molecular weight is 368 g/mol. The minimum atomic E-state index is -4.41. The molecule has 0 radical (unpaired) electrons. The van der Waals surface area contributed by atoms with Gasteiger partial charge in [-0.15, -0.1) is 0 Å². The van der Waals surface area contributed by atoms with E-state index in [2.05, 4.69) is 0 Å². The first-order chi connectivity index (χ1) is 11.2. The summed E-state index contributed by atoms with van der Waals surface area (Å²) in [7, 11) is 0. The molecule has 0 amide bonds. The Labute approximate surface area is 141 Å². The number of morpholine rings is 1. The molecule has 1 saturated heterocycles. The second kappa shape index (κ2) is 7.58. The van der Waals surface area contributed by atoms with Gasteiger partial charge in [-0.2, -0.15) is 13.2 Å². The topological polar surface area (TPSA) is 59.0 Å². The third-order valence-electron chi connectivity index (χ3n) is 3.83. The lowest BCUT2D eigenvalue weighted by Gasteiger charge is -2.39. The maximum atomic E-state index is 12.9. The zero-order chi connectivity index (χ0) is 17.9. The van der Waals surface area contributed by atoms with Gasteiger partial charge in [0.1, 0.15) is 12.4 Å². The second-order valence-corrected chi connectivity index (χ2v) is 5.82. The number of rotatable bonds is 5. The van der Waals surface area contributed by atoms with Gasteiger partial charge in [-0.1, -0.05) is 11.6 Å². The molecule has 134 valence electrons. The Balaban J connectivity index is 1.91. The second-order valence-electron chi connectivity index (χ2n) is 5.41.